The molecule has 2 saturated heterocycles. The normalized spacial score (nSPS) is 24.0. The van der Waals surface area contributed by atoms with Crippen molar-refractivity contribution in [1.29, 1.82) is 0 Å². The van der Waals surface area contributed by atoms with Gasteiger partial charge in [0.15, 0.2) is 0 Å². The topological polar surface area (TPSA) is 78.5 Å². The van der Waals surface area contributed by atoms with Crippen LogP contribution in [0, 0.1) is 5.92 Å². The van der Waals surface area contributed by atoms with Crippen molar-refractivity contribution in [3.8, 4) is 0 Å². The van der Waals surface area contributed by atoms with Crippen LogP contribution < -0.4 is 10.6 Å². The molecule has 1 aliphatic carbocycles. The average molecular weight is 355 g/mol. The van der Waals surface area contributed by atoms with Crippen LogP contribution in [0.25, 0.3) is 0 Å². The maximum atomic E-state index is 12.4. The molecule has 0 radical (unpaired) electrons. The Balaban J connectivity index is 1.25. The minimum absolute atomic E-state index is 0.00583. The van der Waals surface area contributed by atoms with Gasteiger partial charge in [-0.25, -0.2) is 0 Å². The van der Waals surface area contributed by atoms with Crippen LogP contribution in [0.15, 0.2) is 18.2 Å². The quantitative estimate of drug-likeness (QED) is 0.862. The number of rotatable bonds is 4. The molecule has 2 N–H and O–H groups in total. The van der Waals surface area contributed by atoms with Gasteiger partial charge in [-0.3, -0.25) is 14.4 Å². The Morgan fingerprint density at radius 2 is 2.04 bits per heavy atom. The zero-order valence-electron chi connectivity index (χ0n) is 14.9. The van der Waals surface area contributed by atoms with Crippen molar-refractivity contribution in [2.45, 2.75) is 51.0 Å². The lowest BCUT2D eigenvalue weighted by Gasteiger charge is -2.34. The lowest BCUT2D eigenvalue weighted by molar-refractivity contribution is -0.134. The molecule has 2 aliphatic heterocycles. The van der Waals surface area contributed by atoms with Crippen molar-refractivity contribution >= 4 is 23.4 Å². The molecule has 0 aromatic heterocycles. The number of likely N-dealkylation sites (tertiary alicyclic amines) is 1. The first-order valence-electron chi connectivity index (χ1n) is 9.57. The highest BCUT2D eigenvalue weighted by atomic mass is 16.2. The van der Waals surface area contributed by atoms with E-state index in [1.54, 1.807) is 4.90 Å². The molecular weight excluding hydrogens is 330 g/mol. The van der Waals surface area contributed by atoms with Gasteiger partial charge in [-0.2, -0.15) is 0 Å². The van der Waals surface area contributed by atoms with E-state index in [0.29, 0.717) is 25.4 Å². The van der Waals surface area contributed by atoms with Gasteiger partial charge < -0.3 is 15.5 Å². The number of hydrogen-bond acceptors (Lipinski definition) is 3. The predicted octanol–water partition coefficient (Wildman–Crippen LogP) is 1.63. The van der Waals surface area contributed by atoms with Crippen LogP contribution in [0.4, 0.5) is 5.69 Å². The molecule has 0 unspecified atom stereocenters. The van der Waals surface area contributed by atoms with Gasteiger partial charge in [0.25, 0.3) is 0 Å². The van der Waals surface area contributed by atoms with Gasteiger partial charge in [0.05, 0.1) is 0 Å². The van der Waals surface area contributed by atoms with Crippen LogP contribution >= 0.6 is 0 Å². The summed E-state index contributed by atoms with van der Waals surface area (Å²) in [5.74, 6) is 0.312. The number of nitrogens with zero attached hydrogens (tertiary/aromatic N) is 1. The van der Waals surface area contributed by atoms with Gasteiger partial charge in [0, 0.05) is 44.1 Å². The van der Waals surface area contributed by atoms with Crippen molar-refractivity contribution < 1.29 is 14.4 Å². The fraction of sp³-hybridized carbons (Fsp3) is 0.550. The third-order valence-corrected chi connectivity index (χ3v) is 5.85. The Bertz CT molecular complexity index is 746. The standard InChI is InChI=1S/C20H25N3O3/c24-18(21-16-5-4-13-2-1-3-14(13)10-16)6-7-20(26)23-9-8-15-11-19(25)22-17(15)12-23/h4-5,10,15,17H,1-3,6-9,11-12H2,(H,21,24)(H,22,25)/t15-,17-/m1/s1. The molecule has 6 nitrogen and oxygen atoms in total. The number of fused-ring (bicyclic) bond motifs is 2. The Labute approximate surface area is 153 Å². The summed E-state index contributed by atoms with van der Waals surface area (Å²) in [5.41, 5.74) is 3.51. The molecule has 1 aromatic rings. The average Bonchev–Trinajstić information content (AvgIpc) is 3.23. The molecule has 1 aromatic carbocycles. The summed E-state index contributed by atoms with van der Waals surface area (Å²) in [6.45, 7) is 1.25. The minimum Gasteiger partial charge on any atom is -0.351 e. The predicted molar refractivity (Wildman–Crippen MR) is 97.6 cm³/mol. The lowest BCUT2D eigenvalue weighted by Crippen LogP contribution is -2.49. The summed E-state index contributed by atoms with van der Waals surface area (Å²) >= 11 is 0. The fourth-order valence-corrected chi connectivity index (χ4v) is 4.39. The van der Waals surface area contributed by atoms with E-state index in [1.165, 1.54) is 17.5 Å². The summed E-state index contributed by atoms with van der Waals surface area (Å²) in [7, 11) is 0. The summed E-state index contributed by atoms with van der Waals surface area (Å²) in [4.78, 5) is 37.9. The van der Waals surface area contributed by atoms with Gasteiger partial charge in [0.2, 0.25) is 17.7 Å². The van der Waals surface area contributed by atoms with E-state index in [4.69, 9.17) is 0 Å². The molecule has 2 atom stereocenters. The molecule has 0 saturated carbocycles. The smallest absolute Gasteiger partial charge is 0.224 e. The molecule has 26 heavy (non-hydrogen) atoms. The van der Waals surface area contributed by atoms with Crippen LogP contribution in [0.1, 0.15) is 43.2 Å². The molecule has 2 heterocycles. The van der Waals surface area contributed by atoms with Crippen LogP contribution in [0.5, 0.6) is 0 Å². The second-order valence-corrected chi connectivity index (χ2v) is 7.65. The van der Waals surface area contributed by atoms with Gasteiger partial charge in [-0.05, 0) is 54.9 Å². The summed E-state index contributed by atoms with van der Waals surface area (Å²) < 4.78 is 0. The molecule has 2 fully saturated rings. The molecule has 0 bridgehead atoms. The number of benzene rings is 1. The first kappa shape index (κ1) is 17.1. The second kappa shape index (κ2) is 7.09. The monoisotopic (exact) mass is 355 g/mol. The highest BCUT2D eigenvalue weighted by molar-refractivity contribution is 5.93. The van der Waals surface area contributed by atoms with Crippen LogP contribution in [0.3, 0.4) is 0 Å². The van der Waals surface area contributed by atoms with Gasteiger partial charge >= 0.3 is 0 Å². The van der Waals surface area contributed by atoms with E-state index in [2.05, 4.69) is 22.8 Å². The van der Waals surface area contributed by atoms with Gasteiger partial charge in [-0.15, -0.1) is 0 Å². The van der Waals surface area contributed by atoms with Gasteiger partial charge in [-0.1, -0.05) is 6.07 Å². The van der Waals surface area contributed by atoms with E-state index in [0.717, 1.165) is 24.9 Å². The van der Waals surface area contributed by atoms with E-state index < -0.39 is 0 Å². The van der Waals surface area contributed by atoms with E-state index >= 15 is 0 Å². The van der Waals surface area contributed by atoms with Crippen molar-refractivity contribution in [1.82, 2.24) is 10.2 Å². The molecule has 4 rings (SSSR count). The van der Waals surface area contributed by atoms with Crippen molar-refractivity contribution in [3.63, 3.8) is 0 Å². The molecule has 3 aliphatic rings. The summed E-state index contributed by atoms with van der Waals surface area (Å²) in [6, 6.07) is 6.16. The number of amides is 3. The van der Waals surface area contributed by atoms with Crippen molar-refractivity contribution in [3.05, 3.63) is 29.3 Å². The number of carbonyl (C=O) groups excluding carboxylic acids is 3. The van der Waals surface area contributed by atoms with E-state index in [-0.39, 0.29) is 36.6 Å². The molecular formula is C20H25N3O3. The van der Waals surface area contributed by atoms with Gasteiger partial charge in [0.1, 0.15) is 0 Å². The van der Waals surface area contributed by atoms with Crippen LogP contribution in [0.2, 0.25) is 0 Å². The van der Waals surface area contributed by atoms with Crippen LogP contribution in [-0.4, -0.2) is 41.8 Å². The van der Waals surface area contributed by atoms with Crippen molar-refractivity contribution in [2.75, 3.05) is 18.4 Å². The Hall–Kier alpha value is -2.37. The largest absolute Gasteiger partial charge is 0.351 e. The Kier molecular flexibility index (Phi) is 4.66. The number of nitrogens with one attached hydrogen (secondary N) is 2. The number of hydrogen-bond donors (Lipinski definition) is 2. The van der Waals surface area contributed by atoms with E-state index in [1.807, 2.05) is 6.07 Å². The Morgan fingerprint density at radius 3 is 2.92 bits per heavy atom. The zero-order valence-corrected chi connectivity index (χ0v) is 14.9. The summed E-state index contributed by atoms with van der Waals surface area (Å²) in [5, 5.41) is 5.85. The number of piperidine rings is 1. The highest BCUT2D eigenvalue weighted by Crippen LogP contribution is 2.27. The first-order chi connectivity index (χ1) is 12.6. The number of anilines is 1. The summed E-state index contributed by atoms with van der Waals surface area (Å²) in [6.07, 6.45) is 5.21. The maximum Gasteiger partial charge on any atom is 0.224 e. The third kappa shape index (κ3) is 3.59. The SMILES string of the molecule is O=C(CCC(=O)N1CC[C@@H]2CC(=O)N[C@@H]2C1)Nc1ccc2c(c1)CCC2. The third-order valence-electron chi connectivity index (χ3n) is 5.85. The van der Waals surface area contributed by atoms with E-state index in [9.17, 15) is 14.4 Å². The molecule has 3 amide bonds. The molecule has 0 spiro atoms. The molecule has 138 valence electrons. The maximum absolute atomic E-state index is 12.4. The number of aryl methyl sites for hydroxylation is 2. The fourth-order valence-electron chi connectivity index (χ4n) is 4.39. The minimum atomic E-state index is -0.125. The zero-order chi connectivity index (χ0) is 18.1. The lowest BCUT2D eigenvalue weighted by atomic mass is 9.92. The van der Waals surface area contributed by atoms with Crippen molar-refractivity contribution in [2.24, 2.45) is 5.92 Å². The first-order valence-corrected chi connectivity index (χ1v) is 9.57. The van der Waals surface area contributed by atoms with Crippen LogP contribution in [-0.2, 0) is 27.2 Å². The Morgan fingerprint density at radius 1 is 1.19 bits per heavy atom. The molecule has 6 heteroatoms. The highest BCUT2D eigenvalue weighted by Gasteiger charge is 2.37. The number of carbonyl (C=O) groups is 3. The second-order valence-electron chi connectivity index (χ2n) is 7.65.